The lowest BCUT2D eigenvalue weighted by molar-refractivity contribution is 0.363. The number of aryl methyl sites for hydroxylation is 3. The van der Waals surface area contributed by atoms with Crippen molar-refractivity contribution in [3.63, 3.8) is 0 Å². The fourth-order valence-electron chi connectivity index (χ4n) is 2.35. The van der Waals surface area contributed by atoms with Crippen LogP contribution in [-0.2, 0) is 12.8 Å². The van der Waals surface area contributed by atoms with E-state index in [1.54, 1.807) is 0 Å². The Balaban J connectivity index is 1.92. The second kappa shape index (κ2) is 7.36. The minimum Gasteiger partial charge on any atom is -0.339 e. The molecule has 1 atom stereocenters. The first-order valence-electron chi connectivity index (χ1n) is 7.69. The smallest absolute Gasteiger partial charge is 0.226 e. The zero-order valence-corrected chi connectivity index (χ0v) is 13.4. The van der Waals surface area contributed by atoms with E-state index in [1.165, 1.54) is 16.7 Å². The molecule has 0 saturated carbocycles. The fourth-order valence-corrected chi connectivity index (χ4v) is 2.35. The van der Waals surface area contributed by atoms with Crippen LogP contribution in [0.2, 0.25) is 0 Å². The number of hydrogen-bond acceptors (Lipinski definition) is 4. The van der Waals surface area contributed by atoms with Crippen LogP contribution in [0.1, 0.15) is 48.7 Å². The standard InChI is InChI=1S/C17H25N3O/c1-5-18-14(4)7-9-17-19-16(20-21-17)11-15-8-6-12(2)13(3)10-15/h6,8,10,14,18H,5,7,9,11H2,1-4H3. The zero-order valence-electron chi connectivity index (χ0n) is 13.4. The highest BCUT2D eigenvalue weighted by atomic mass is 16.5. The maximum absolute atomic E-state index is 5.33. The van der Waals surface area contributed by atoms with Gasteiger partial charge in [-0.2, -0.15) is 4.98 Å². The first kappa shape index (κ1) is 15.7. The van der Waals surface area contributed by atoms with Gasteiger partial charge in [0.25, 0.3) is 0 Å². The molecular formula is C17H25N3O. The average Bonchev–Trinajstić information content (AvgIpc) is 2.89. The van der Waals surface area contributed by atoms with Gasteiger partial charge < -0.3 is 9.84 Å². The fraction of sp³-hybridized carbons (Fsp3) is 0.529. The maximum Gasteiger partial charge on any atom is 0.226 e. The Morgan fingerprint density at radius 1 is 1.24 bits per heavy atom. The van der Waals surface area contributed by atoms with Crippen molar-refractivity contribution in [3.8, 4) is 0 Å². The molecule has 1 aromatic heterocycles. The number of benzene rings is 1. The molecule has 0 fully saturated rings. The van der Waals surface area contributed by atoms with Crippen molar-refractivity contribution < 1.29 is 4.52 Å². The van der Waals surface area contributed by atoms with Crippen molar-refractivity contribution in [2.45, 2.75) is 53.0 Å². The Hall–Kier alpha value is -1.68. The molecule has 0 bridgehead atoms. The number of hydrogen-bond donors (Lipinski definition) is 1. The van der Waals surface area contributed by atoms with Crippen LogP contribution in [0.5, 0.6) is 0 Å². The molecule has 2 rings (SSSR count). The summed E-state index contributed by atoms with van der Waals surface area (Å²) in [7, 11) is 0. The van der Waals surface area contributed by atoms with Crippen molar-refractivity contribution in [2.75, 3.05) is 6.54 Å². The van der Waals surface area contributed by atoms with Gasteiger partial charge in [0.2, 0.25) is 5.89 Å². The van der Waals surface area contributed by atoms with Gasteiger partial charge >= 0.3 is 0 Å². The molecule has 1 unspecified atom stereocenters. The second-order valence-corrected chi connectivity index (χ2v) is 5.70. The van der Waals surface area contributed by atoms with E-state index in [9.17, 15) is 0 Å². The van der Waals surface area contributed by atoms with Gasteiger partial charge in [-0.05, 0) is 50.4 Å². The SMILES string of the molecule is CCNC(C)CCc1nc(Cc2ccc(C)c(C)c2)no1. The Bertz CT molecular complexity index is 577. The van der Waals surface area contributed by atoms with Crippen LogP contribution in [0.25, 0.3) is 0 Å². The van der Waals surface area contributed by atoms with Gasteiger partial charge in [0.05, 0.1) is 0 Å². The summed E-state index contributed by atoms with van der Waals surface area (Å²) in [5.74, 6) is 1.50. The third kappa shape index (κ3) is 4.67. The molecule has 0 spiro atoms. The first-order valence-corrected chi connectivity index (χ1v) is 7.69. The van der Waals surface area contributed by atoms with Crippen LogP contribution in [0.4, 0.5) is 0 Å². The Kier molecular flexibility index (Phi) is 5.51. The molecule has 0 amide bonds. The topological polar surface area (TPSA) is 51.0 Å². The molecule has 0 aliphatic heterocycles. The molecule has 2 aromatic rings. The van der Waals surface area contributed by atoms with E-state index in [-0.39, 0.29) is 0 Å². The van der Waals surface area contributed by atoms with Crippen LogP contribution in [0.3, 0.4) is 0 Å². The summed E-state index contributed by atoms with van der Waals surface area (Å²) in [4.78, 5) is 4.48. The molecule has 0 saturated heterocycles. The first-order chi connectivity index (χ1) is 10.1. The van der Waals surface area contributed by atoms with Crippen LogP contribution in [-0.4, -0.2) is 22.7 Å². The highest BCUT2D eigenvalue weighted by Gasteiger charge is 2.09. The van der Waals surface area contributed by atoms with E-state index in [4.69, 9.17) is 4.52 Å². The minimum atomic E-state index is 0.477. The third-order valence-electron chi connectivity index (χ3n) is 3.79. The van der Waals surface area contributed by atoms with E-state index < -0.39 is 0 Å². The Labute approximate surface area is 127 Å². The molecule has 114 valence electrons. The third-order valence-corrected chi connectivity index (χ3v) is 3.79. The van der Waals surface area contributed by atoms with Crippen molar-refractivity contribution in [1.29, 1.82) is 0 Å². The lowest BCUT2D eigenvalue weighted by atomic mass is 10.0. The van der Waals surface area contributed by atoms with E-state index in [0.29, 0.717) is 6.04 Å². The summed E-state index contributed by atoms with van der Waals surface area (Å²) >= 11 is 0. The van der Waals surface area contributed by atoms with Crippen molar-refractivity contribution in [2.24, 2.45) is 0 Å². The molecule has 21 heavy (non-hydrogen) atoms. The zero-order chi connectivity index (χ0) is 15.2. The molecule has 0 aliphatic rings. The van der Waals surface area contributed by atoms with Crippen molar-refractivity contribution in [1.82, 2.24) is 15.5 Å². The lowest BCUT2D eigenvalue weighted by Gasteiger charge is -2.09. The molecule has 1 heterocycles. The van der Waals surface area contributed by atoms with Gasteiger partial charge in [-0.1, -0.05) is 30.3 Å². The highest BCUT2D eigenvalue weighted by molar-refractivity contribution is 5.31. The summed E-state index contributed by atoms with van der Waals surface area (Å²) in [5.41, 5.74) is 3.84. The predicted octanol–water partition coefficient (Wildman–Crippen LogP) is 3.21. The molecule has 0 aliphatic carbocycles. The summed E-state index contributed by atoms with van der Waals surface area (Å²) < 4.78 is 5.33. The largest absolute Gasteiger partial charge is 0.339 e. The Morgan fingerprint density at radius 2 is 2.05 bits per heavy atom. The number of rotatable bonds is 7. The van der Waals surface area contributed by atoms with Crippen molar-refractivity contribution >= 4 is 0 Å². The summed E-state index contributed by atoms with van der Waals surface area (Å²) in [6.45, 7) is 9.53. The second-order valence-electron chi connectivity index (χ2n) is 5.70. The molecule has 4 nitrogen and oxygen atoms in total. The molecule has 0 radical (unpaired) electrons. The van der Waals surface area contributed by atoms with Gasteiger partial charge in [-0.3, -0.25) is 0 Å². The van der Waals surface area contributed by atoms with Crippen LogP contribution < -0.4 is 5.32 Å². The van der Waals surface area contributed by atoms with Crippen LogP contribution in [0, 0.1) is 13.8 Å². The normalized spacial score (nSPS) is 12.6. The minimum absolute atomic E-state index is 0.477. The molecule has 1 aromatic carbocycles. The van der Waals surface area contributed by atoms with Gasteiger partial charge in [0.1, 0.15) is 0 Å². The van der Waals surface area contributed by atoms with Gasteiger partial charge in [-0.15, -0.1) is 0 Å². The highest BCUT2D eigenvalue weighted by Crippen LogP contribution is 2.13. The number of nitrogens with zero attached hydrogens (tertiary/aromatic N) is 2. The Morgan fingerprint density at radius 3 is 2.76 bits per heavy atom. The molecule has 4 heteroatoms. The summed E-state index contributed by atoms with van der Waals surface area (Å²) in [6.07, 6.45) is 2.57. The summed E-state index contributed by atoms with van der Waals surface area (Å²) in [5, 5.41) is 7.46. The number of aromatic nitrogens is 2. The quantitative estimate of drug-likeness (QED) is 0.849. The summed E-state index contributed by atoms with van der Waals surface area (Å²) in [6, 6.07) is 6.94. The predicted molar refractivity (Wildman–Crippen MR) is 84.5 cm³/mol. The average molecular weight is 287 g/mol. The van der Waals surface area contributed by atoms with E-state index in [2.05, 4.69) is 61.4 Å². The van der Waals surface area contributed by atoms with E-state index in [1.807, 2.05) is 0 Å². The van der Waals surface area contributed by atoms with Crippen LogP contribution in [0.15, 0.2) is 22.7 Å². The van der Waals surface area contributed by atoms with Crippen molar-refractivity contribution in [3.05, 3.63) is 46.6 Å². The molecular weight excluding hydrogens is 262 g/mol. The van der Waals surface area contributed by atoms with Gasteiger partial charge in [0, 0.05) is 18.9 Å². The van der Waals surface area contributed by atoms with Crippen LogP contribution >= 0.6 is 0 Å². The van der Waals surface area contributed by atoms with Gasteiger partial charge in [0.15, 0.2) is 5.82 Å². The van der Waals surface area contributed by atoms with Gasteiger partial charge in [-0.25, -0.2) is 0 Å². The lowest BCUT2D eigenvalue weighted by Crippen LogP contribution is -2.25. The number of nitrogens with one attached hydrogen (secondary N) is 1. The maximum atomic E-state index is 5.33. The molecule has 1 N–H and O–H groups in total. The monoisotopic (exact) mass is 287 g/mol. The van der Waals surface area contributed by atoms with E-state index in [0.717, 1.165) is 37.5 Å². The van der Waals surface area contributed by atoms with E-state index >= 15 is 0 Å².